The van der Waals surface area contributed by atoms with Gasteiger partial charge < -0.3 is 9.84 Å². The maximum Gasteiger partial charge on any atom is 0.251 e. The molecule has 0 unspecified atom stereocenters. The topological polar surface area (TPSA) is 68.0 Å². The van der Waals surface area contributed by atoms with Gasteiger partial charge in [0.05, 0.1) is 0 Å². The van der Waals surface area contributed by atoms with Gasteiger partial charge in [0.2, 0.25) is 11.7 Å². The van der Waals surface area contributed by atoms with E-state index in [1.54, 1.807) is 19.2 Å². The molecule has 1 aromatic carbocycles. The number of carbonyl (C=O) groups is 1. The molecule has 2 fully saturated rings. The van der Waals surface area contributed by atoms with Crippen LogP contribution in [-0.4, -0.2) is 23.1 Å². The van der Waals surface area contributed by atoms with Crippen molar-refractivity contribution in [2.24, 2.45) is 5.41 Å². The van der Waals surface area contributed by atoms with Crippen LogP contribution in [0.4, 0.5) is 0 Å². The molecule has 1 aromatic heterocycles. The summed E-state index contributed by atoms with van der Waals surface area (Å²) in [5.74, 6) is 1.71. The van der Waals surface area contributed by atoms with Gasteiger partial charge >= 0.3 is 0 Å². The van der Waals surface area contributed by atoms with Gasteiger partial charge in [0.1, 0.15) is 0 Å². The number of rotatable bonds is 3. The van der Waals surface area contributed by atoms with Gasteiger partial charge in [0.25, 0.3) is 5.91 Å². The molecular formula is C17H19N3O2. The monoisotopic (exact) mass is 297 g/mol. The van der Waals surface area contributed by atoms with Crippen LogP contribution in [-0.2, 0) is 0 Å². The van der Waals surface area contributed by atoms with E-state index in [1.807, 2.05) is 12.1 Å². The summed E-state index contributed by atoms with van der Waals surface area (Å²) in [6.45, 7) is 0. The summed E-state index contributed by atoms with van der Waals surface area (Å²) in [5, 5.41) is 6.69. The second-order valence-corrected chi connectivity index (χ2v) is 6.57. The van der Waals surface area contributed by atoms with E-state index in [2.05, 4.69) is 15.5 Å². The molecule has 0 bridgehead atoms. The van der Waals surface area contributed by atoms with E-state index < -0.39 is 0 Å². The highest BCUT2D eigenvalue weighted by Gasteiger charge is 2.50. The van der Waals surface area contributed by atoms with Gasteiger partial charge in [-0.1, -0.05) is 23.7 Å². The number of carbonyl (C=O) groups excluding carboxylic acids is 1. The zero-order chi connectivity index (χ0) is 15.2. The Labute approximate surface area is 129 Å². The number of amides is 1. The van der Waals surface area contributed by atoms with E-state index in [4.69, 9.17) is 4.52 Å². The van der Waals surface area contributed by atoms with E-state index in [1.165, 1.54) is 32.1 Å². The van der Waals surface area contributed by atoms with Crippen LogP contribution in [0, 0.1) is 5.41 Å². The Hall–Kier alpha value is -2.17. The van der Waals surface area contributed by atoms with Crippen molar-refractivity contribution >= 4 is 5.91 Å². The fourth-order valence-corrected chi connectivity index (χ4v) is 3.68. The van der Waals surface area contributed by atoms with Crippen molar-refractivity contribution in [1.82, 2.24) is 15.5 Å². The highest BCUT2D eigenvalue weighted by molar-refractivity contribution is 5.94. The molecular weight excluding hydrogens is 278 g/mol. The Bertz CT molecular complexity index is 693. The normalized spacial score (nSPS) is 19.5. The van der Waals surface area contributed by atoms with Crippen molar-refractivity contribution in [1.29, 1.82) is 0 Å². The summed E-state index contributed by atoms with van der Waals surface area (Å²) < 4.78 is 5.44. The Kier molecular flexibility index (Phi) is 3.03. The second kappa shape index (κ2) is 4.93. The number of hydrogen-bond donors (Lipinski definition) is 1. The SMILES string of the molecule is CNC(=O)c1ccc(-c2noc(C3CC4(CCC4)C3)n2)cc1. The lowest BCUT2D eigenvalue weighted by Crippen LogP contribution is -2.41. The van der Waals surface area contributed by atoms with Crippen LogP contribution in [0.2, 0.25) is 0 Å². The Morgan fingerprint density at radius 1 is 1.27 bits per heavy atom. The maximum absolute atomic E-state index is 11.5. The standard InChI is InChI=1S/C17H19N3O2/c1-18-15(21)12-5-3-11(4-6-12)14-19-16(22-20-14)13-9-17(10-13)7-2-8-17/h3-6,13H,2,7-10H2,1H3,(H,18,21). The van der Waals surface area contributed by atoms with E-state index in [0.717, 1.165) is 11.5 Å². The lowest BCUT2D eigenvalue weighted by molar-refractivity contribution is -0.00166. The number of aromatic nitrogens is 2. The minimum absolute atomic E-state index is 0.0967. The molecule has 5 heteroatoms. The molecule has 2 aliphatic carbocycles. The predicted molar refractivity (Wildman–Crippen MR) is 81.4 cm³/mol. The van der Waals surface area contributed by atoms with Gasteiger partial charge in [-0.25, -0.2) is 0 Å². The smallest absolute Gasteiger partial charge is 0.251 e. The molecule has 1 spiro atoms. The highest BCUT2D eigenvalue weighted by atomic mass is 16.5. The molecule has 114 valence electrons. The quantitative estimate of drug-likeness (QED) is 0.945. The third kappa shape index (κ3) is 2.12. The Morgan fingerprint density at radius 3 is 2.59 bits per heavy atom. The van der Waals surface area contributed by atoms with Crippen LogP contribution in [0.1, 0.15) is 54.3 Å². The van der Waals surface area contributed by atoms with E-state index >= 15 is 0 Å². The summed E-state index contributed by atoms with van der Waals surface area (Å²) >= 11 is 0. The van der Waals surface area contributed by atoms with Crippen molar-refractivity contribution in [2.75, 3.05) is 7.05 Å². The molecule has 0 saturated heterocycles. The first-order valence-corrected chi connectivity index (χ1v) is 7.85. The van der Waals surface area contributed by atoms with Crippen LogP contribution in [0.25, 0.3) is 11.4 Å². The Morgan fingerprint density at radius 2 is 2.00 bits per heavy atom. The van der Waals surface area contributed by atoms with Crippen molar-refractivity contribution in [2.45, 2.75) is 38.0 Å². The summed E-state index contributed by atoms with van der Waals surface area (Å²) in [6.07, 6.45) is 6.50. The van der Waals surface area contributed by atoms with Crippen molar-refractivity contribution < 1.29 is 9.32 Å². The van der Waals surface area contributed by atoms with Crippen molar-refractivity contribution in [3.8, 4) is 11.4 Å². The van der Waals surface area contributed by atoms with Gasteiger partial charge in [-0.2, -0.15) is 4.98 Å². The summed E-state index contributed by atoms with van der Waals surface area (Å²) in [4.78, 5) is 16.1. The van der Waals surface area contributed by atoms with Gasteiger partial charge in [-0.15, -0.1) is 0 Å². The fraction of sp³-hybridized carbons (Fsp3) is 0.471. The molecule has 0 atom stereocenters. The average Bonchev–Trinajstić information content (AvgIpc) is 2.93. The number of benzene rings is 1. The molecule has 2 aromatic rings. The third-order valence-electron chi connectivity index (χ3n) is 5.20. The van der Waals surface area contributed by atoms with Crippen LogP contribution >= 0.6 is 0 Å². The van der Waals surface area contributed by atoms with E-state index in [0.29, 0.717) is 22.7 Å². The number of nitrogens with zero attached hydrogens (tertiary/aromatic N) is 2. The minimum atomic E-state index is -0.0967. The minimum Gasteiger partial charge on any atom is -0.355 e. The molecule has 4 rings (SSSR count). The van der Waals surface area contributed by atoms with E-state index in [9.17, 15) is 4.79 Å². The van der Waals surface area contributed by atoms with Crippen LogP contribution in [0.3, 0.4) is 0 Å². The molecule has 2 aliphatic rings. The molecule has 1 amide bonds. The molecule has 1 N–H and O–H groups in total. The lowest BCUT2D eigenvalue weighted by atomic mass is 9.52. The number of hydrogen-bond acceptors (Lipinski definition) is 4. The maximum atomic E-state index is 11.5. The fourth-order valence-electron chi connectivity index (χ4n) is 3.68. The first-order valence-electron chi connectivity index (χ1n) is 7.85. The molecule has 2 saturated carbocycles. The third-order valence-corrected chi connectivity index (χ3v) is 5.20. The largest absolute Gasteiger partial charge is 0.355 e. The molecule has 5 nitrogen and oxygen atoms in total. The summed E-state index contributed by atoms with van der Waals surface area (Å²) in [5.41, 5.74) is 2.11. The first kappa shape index (κ1) is 13.5. The Balaban J connectivity index is 1.48. The van der Waals surface area contributed by atoms with Crippen LogP contribution in [0.15, 0.2) is 28.8 Å². The number of nitrogens with one attached hydrogen (secondary N) is 1. The van der Waals surface area contributed by atoms with Gasteiger partial charge in [-0.3, -0.25) is 4.79 Å². The highest BCUT2D eigenvalue weighted by Crippen LogP contribution is 2.61. The second-order valence-electron chi connectivity index (χ2n) is 6.57. The van der Waals surface area contributed by atoms with Gasteiger partial charge in [0.15, 0.2) is 0 Å². The van der Waals surface area contributed by atoms with E-state index in [-0.39, 0.29) is 5.91 Å². The summed E-state index contributed by atoms with van der Waals surface area (Å²) in [7, 11) is 1.62. The lowest BCUT2D eigenvalue weighted by Gasteiger charge is -2.53. The predicted octanol–water partition coefficient (Wildman–Crippen LogP) is 3.14. The van der Waals surface area contributed by atoms with Gasteiger partial charge in [0, 0.05) is 24.1 Å². The van der Waals surface area contributed by atoms with Crippen molar-refractivity contribution in [3.05, 3.63) is 35.7 Å². The summed E-state index contributed by atoms with van der Waals surface area (Å²) in [6, 6.07) is 7.26. The molecule has 0 aliphatic heterocycles. The zero-order valence-corrected chi connectivity index (χ0v) is 12.6. The van der Waals surface area contributed by atoms with Crippen LogP contribution < -0.4 is 5.32 Å². The molecule has 0 radical (unpaired) electrons. The molecule has 22 heavy (non-hydrogen) atoms. The first-order chi connectivity index (χ1) is 10.7. The zero-order valence-electron chi connectivity index (χ0n) is 12.6. The molecule has 1 heterocycles. The van der Waals surface area contributed by atoms with Crippen LogP contribution in [0.5, 0.6) is 0 Å². The van der Waals surface area contributed by atoms with Gasteiger partial charge in [-0.05, 0) is 43.2 Å². The van der Waals surface area contributed by atoms with Crippen molar-refractivity contribution in [3.63, 3.8) is 0 Å². The average molecular weight is 297 g/mol.